The molecular weight excluding hydrogens is 302 g/mol. The molecule has 1 saturated heterocycles. The molecule has 2 atom stereocenters. The fourth-order valence-corrected chi connectivity index (χ4v) is 3.93. The Kier molecular flexibility index (Phi) is 4.16. The SMILES string of the molecule is CN(C)C1CC(c2c[nH]c3ccc(CC4CNC(C=O)O4)cc23)C1. The number of nitrogens with one attached hydrogen (secondary N) is 2. The zero-order valence-corrected chi connectivity index (χ0v) is 14.3. The molecule has 0 radical (unpaired) electrons. The zero-order valence-electron chi connectivity index (χ0n) is 14.3. The molecule has 2 N–H and O–H groups in total. The first-order chi connectivity index (χ1) is 11.6. The van der Waals surface area contributed by atoms with Crippen molar-refractivity contribution in [3.05, 3.63) is 35.5 Å². The summed E-state index contributed by atoms with van der Waals surface area (Å²) in [6, 6.07) is 7.32. The number of hydrogen-bond donors (Lipinski definition) is 2. The van der Waals surface area contributed by atoms with Gasteiger partial charge in [-0.15, -0.1) is 0 Å². The van der Waals surface area contributed by atoms with Crippen LogP contribution in [0, 0.1) is 0 Å². The van der Waals surface area contributed by atoms with Crippen LogP contribution < -0.4 is 5.32 Å². The van der Waals surface area contributed by atoms with E-state index in [0.717, 1.165) is 19.3 Å². The number of aldehydes is 1. The summed E-state index contributed by atoms with van der Waals surface area (Å²) < 4.78 is 5.67. The largest absolute Gasteiger partial charge is 0.361 e. The Balaban J connectivity index is 1.50. The minimum absolute atomic E-state index is 0.0712. The number of fused-ring (bicyclic) bond motifs is 1. The van der Waals surface area contributed by atoms with E-state index in [-0.39, 0.29) is 6.10 Å². The van der Waals surface area contributed by atoms with Crippen LogP contribution in [0.2, 0.25) is 0 Å². The van der Waals surface area contributed by atoms with Gasteiger partial charge in [-0.25, -0.2) is 0 Å². The summed E-state index contributed by atoms with van der Waals surface area (Å²) in [6.45, 7) is 0.731. The minimum Gasteiger partial charge on any atom is -0.361 e. The number of carbonyl (C=O) groups is 1. The van der Waals surface area contributed by atoms with Crippen LogP contribution in [-0.4, -0.2) is 55.2 Å². The number of ether oxygens (including phenoxy) is 1. The van der Waals surface area contributed by atoms with Crippen molar-refractivity contribution >= 4 is 17.2 Å². The molecule has 2 fully saturated rings. The van der Waals surface area contributed by atoms with E-state index in [4.69, 9.17) is 4.74 Å². The molecule has 5 heteroatoms. The second kappa shape index (κ2) is 6.31. The highest BCUT2D eigenvalue weighted by Crippen LogP contribution is 2.42. The van der Waals surface area contributed by atoms with Gasteiger partial charge in [0.05, 0.1) is 6.10 Å². The normalized spacial score (nSPS) is 30.0. The lowest BCUT2D eigenvalue weighted by molar-refractivity contribution is -0.118. The van der Waals surface area contributed by atoms with Gasteiger partial charge in [0.25, 0.3) is 0 Å². The molecule has 2 heterocycles. The van der Waals surface area contributed by atoms with E-state index in [1.54, 1.807) is 0 Å². The monoisotopic (exact) mass is 327 g/mol. The fraction of sp³-hybridized carbons (Fsp3) is 0.526. The Morgan fingerprint density at radius 3 is 2.88 bits per heavy atom. The van der Waals surface area contributed by atoms with Gasteiger partial charge in [-0.2, -0.15) is 0 Å². The number of carbonyl (C=O) groups excluding carboxylic acids is 1. The summed E-state index contributed by atoms with van der Waals surface area (Å²) in [5.41, 5.74) is 3.92. The smallest absolute Gasteiger partial charge is 0.165 e. The number of nitrogens with zero attached hydrogens (tertiary/aromatic N) is 1. The molecule has 2 unspecified atom stereocenters. The molecule has 24 heavy (non-hydrogen) atoms. The van der Waals surface area contributed by atoms with Gasteiger partial charge >= 0.3 is 0 Å². The molecule has 1 aliphatic carbocycles. The van der Waals surface area contributed by atoms with Crippen molar-refractivity contribution in [2.45, 2.75) is 43.6 Å². The number of benzene rings is 1. The van der Waals surface area contributed by atoms with Crippen molar-refractivity contribution in [1.29, 1.82) is 0 Å². The summed E-state index contributed by atoms with van der Waals surface area (Å²) in [5.74, 6) is 0.658. The van der Waals surface area contributed by atoms with E-state index in [2.05, 4.69) is 53.7 Å². The molecule has 2 aromatic rings. The average Bonchev–Trinajstić information content (AvgIpc) is 3.13. The summed E-state index contributed by atoms with van der Waals surface area (Å²) in [5, 5.41) is 4.41. The number of aromatic nitrogens is 1. The van der Waals surface area contributed by atoms with Crippen molar-refractivity contribution in [2.24, 2.45) is 0 Å². The maximum absolute atomic E-state index is 10.8. The first-order valence-corrected chi connectivity index (χ1v) is 8.74. The van der Waals surface area contributed by atoms with Crippen molar-refractivity contribution in [3.63, 3.8) is 0 Å². The maximum Gasteiger partial charge on any atom is 0.165 e. The van der Waals surface area contributed by atoms with Crippen LogP contribution >= 0.6 is 0 Å². The second-order valence-corrected chi connectivity index (χ2v) is 7.34. The summed E-state index contributed by atoms with van der Waals surface area (Å²) in [4.78, 5) is 16.5. The van der Waals surface area contributed by atoms with E-state index in [9.17, 15) is 4.79 Å². The van der Waals surface area contributed by atoms with E-state index < -0.39 is 6.23 Å². The predicted octanol–water partition coefficient (Wildman–Crippen LogP) is 2.03. The first-order valence-electron chi connectivity index (χ1n) is 8.74. The van der Waals surface area contributed by atoms with Crippen LogP contribution in [0.3, 0.4) is 0 Å². The molecule has 1 aromatic heterocycles. The van der Waals surface area contributed by atoms with Gasteiger partial charge in [0.15, 0.2) is 12.5 Å². The lowest BCUT2D eigenvalue weighted by Crippen LogP contribution is -2.39. The molecule has 0 amide bonds. The molecule has 2 aliphatic rings. The van der Waals surface area contributed by atoms with Gasteiger partial charge < -0.3 is 14.6 Å². The van der Waals surface area contributed by atoms with Gasteiger partial charge in [-0.05, 0) is 62.5 Å². The van der Waals surface area contributed by atoms with Gasteiger partial charge in [0, 0.05) is 29.7 Å². The van der Waals surface area contributed by atoms with Crippen LogP contribution in [0.5, 0.6) is 0 Å². The third kappa shape index (κ3) is 2.88. The minimum atomic E-state index is -0.445. The number of aromatic amines is 1. The van der Waals surface area contributed by atoms with Gasteiger partial charge in [-0.1, -0.05) is 6.07 Å². The molecule has 5 nitrogen and oxygen atoms in total. The second-order valence-electron chi connectivity index (χ2n) is 7.34. The molecule has 1 aromatic carbocycles. The van der Waals surface area contributed by atoms with Gasteiger partial charge in [-0.3, -0.25) is 10.1 Å². The Bertz CT molecular complexity index is 733. The highest BCUT2D eigenvalue weighted by atomic mass is 16.5. The zero-order chi connectivity index (χ0) is 16.7. The highest BCUT2D eigenvalue weighted by molar-refractivity contribution is 5.84. The Hall–Kier alpha value is -1.69. The topological polar surface area (TPSA) is 57.4 Å². The lowest BCUT2D eigenvalue weighted by Gasteiger charge is -2.39. The van der Waals surface area contributed by atoms with Gasteiger partial charge in [0.1, 0.15) is 0 Å². The molecule has 1 saturated carbocycles. The Morgan fingerprint density at radius 1 is 1.33 bits per heavy atom. The predicted molar refractivity (Wildman–Crippen MR) is 94.2 cm³/mol. The summed E-state index contributed by atoms with van der Waals surface area (Å²) in [6.07, 6.45) is 5.94. The van der Waals surface area contributed by atoms with E-state index >= 15 is 0 Å². The standard InChI is InChI=1S/C19H25N3O2/c1-22(2)14-7-13(8-14)17-10-20-18-4-3-12(6-16(17)18)5-15-9-21-19(11-23)24-15/h3-4,6,10-11,13-15,19-21H,5,7-9H2,1-2H3. The van der Waals surface area contributed by atoms with Crippen molar-refractivity contribution in [2.75, 3.05) is 20.6 Å². The third-order valence-electron chi connectivity index (χ3n) is 5.53. The molecular formula is C19H25N3O2. The first kappa shape index (κ1) is 15.8. The summed E-state index contributed by atoms with van der Waals surface area (Å²) in [7, 11) is 4.33. The Morgan fingerprint density at radius 2 is 2.17 bits per heavy atom. The van der Waals surface area contributed by atoms with E-state index in [1.807, 2.05) is 0 Å². The maximum atomic E-state index is 10.8. The molecule has 128 valence electrons. The third-order valence-corrected chi connectivity index (χ3v) is 5.53. The molecule has 0 bridgehead atoms. The van der Waals surface area contributed by atoms with Crippen molar-refractivity contribution < 1.29 is 9.53 Å². The van der Waals surface area contributed by atoms with Crippen LogP contribution in [0.15, 0.2) is 24.4 Å². The fourth-order valence-electron chi connectivity index (χ4n) is 3.93. The quantitative estimate of drug-likeness (QED) is 0.825. The van der Waals surface area contributed by atoms with Gasteiger partial charge in [0.2, 0.25) is 0 Å². The Labute approximate surface area is 142 Å². The molecule has 0 spiro atoms. The number of H-pyrrole nitrogens is 1. The van der Waals surface area contributed by atoms with Crippen LogP contribution in [0.1, 0.15) is 29.9 Å². The van der Waals surface area contributed by atoms with Crippen LogP contribution in [-0.2, 0) is 16.0 Å². The number of rotatable bonds is 5. The van der Waals surface area contributed by atoms with Crippen LogP contribution in [0.4, 0.5) is 0 Å². The molecule has 4 rings (SSSR count). The molecule has 1 aliphatic heterocycles. The van der Waals surface area contributed by atoms with E-state index in [0.29, 0.717) is 12.0 Å². The highest BCUT2D eigenvalue weighted by Gasteiger charge is 2.33. The average molecular weight is 327 g/mol. The van der Waals surface area contributed by atoms with Crippen molar-refractivity contribution in [1.82, 2.24) is 15.2 Å². The summed E-state index contributed by atoms with van der Waals surface area (Å²) >= 11 is 0. The lowest BCUT2D eigenvalue weighted by atomic mass is 9.75. The number of hydrogen-bond acceptors (Lipinski definition) is 4. The van der Waals surface area contributed by atoms with Crippen LogP contribution in [0.25, 0.3) is 10.9 Å². The van der Waals surface area contributed by atoms with Crippen molar-refractivity contribution in [3.8, 4) is 0 Å². The van der Waals surface area contributed by atoms with E-state index in [1.165, 1.54) is 34.9 Å².